The third-order valence-corrected chi connectivity index (χ3v) is 6.77. The summed E-state index contributed by atoms with van der Waals surface area (Å²) in [6, 6.07) is 30.3. The number of nitrogens with one attached hydrogen (secondary N) is 1. The van der Waals surface area contributed by atoms with Gasteiger partial charge >= 0.3 is 0 Å². The lowest BCUT2D eigenvalue weighted by Crippen LogP contribution is -2.43. The first-order valence-corrected chi connectivity index (χ1v) is 12.9. The van der Waals surface area contributed by atoms with Crippen molar-refractivity contribution in [3.05, 3.63) is 140 Å². The molecule has 4 nitrogen and oxygen atoms in total. The topological polar surface area (TPSA) is 49.4 Å². The molecule has 4 rings (SSSR count). The van der Waals surface area contributed by atoms with Crippen LogP contribution in [0.4, 0.5) is 0 Å². The first kappa shape index (κ1) is 26.7. The number of rotatable bonds is 9. The molecule has 0 unspecified atom stereocenters. The zero-order valence-corrected chi connectivity index (χ0v) is 22.2. The molecular weight excluding hydrogens is 527 g/mol. The first-order chi connectivity index (χ1) is 17.9. The molecular formula is C30H25Cl3N2O2. The summed E-state index contributed by atoms with van der Waals surface area (Å²) in [5.74, 6) is -0.484. The zero-order valence-electron chi connectivity index (χ0n) is 19.9. The van der Waals surface area contributed by atoms with E-state index < -0.39 is 6.04 Å². The van der Waals surface area contributed by atoms with Crippen molar-refractivity contribution < 1.29 is 9.59 Å². The van der Waals surface area contributed by atoms with Gasteiger partial charge in [0, 0.05) is 28.2 Å². The number of carbonyl (C=O) groups is 2. The Bertz CT molecular complexity index is 1350. The third-order valence-electron chi connectivity index (χ3n) is 5.93. The van der Waals surface area contributed by atoms with Crippen LogP contribution in [0.1, 0.15) is 28.3 Å². The van der Waals surface area contributed by atoms with Gasteiger partial charge in [0.1, 0.15) is 6.04 Å². The van der Waals surface area contributed by atoms with Crippen LogP contribution in [0, 0.1) is 0 Å². The number of halogens is 3. The summed E-state index contributed by atoms with van der Waals surface area (Å²) in [7, 11) is 0. The monoisotopic (exact) mass is 550 g/mol. The van der Waals surface area contributed by atoms with E-state index in [2.05, 4.69) is 5.32 Å². The van der Waals surface area contributed by atoms with Gasteiger partial charge in [0.2, 0.25) is 11.8 Å². The van der Waals surface area contributed by atoms with E-state index in [1.54, 1.807) is 35.2 Å². The molecule has 1 atom stereocenters. The summed E-state index contributed by atoms with van der Waals surface area (Å²) in [6.07, 6.45) is 0.161. The van der Waals surface area contributed by atoms with Crippen LogP contribution in [-0.2, 0) is 29.1 Å². The van der Waals surface area contributed by atoms with Crippen molar-refractivity contribution in [2.24, 2.45) is 0 Å². The zero-order chi connectivity index (χ0) is 26.2. The molecule has 0 aliphatic heterocycles. The molecule has 0 radical (unpaired) electrons. The van der Waals surface area contributed by atoms with Gasteiger partial charge in [-0.25, -0.2) is 0 Å². The second kappa shape index (κ2) is 12.8. The molecule has 0 saturated carbocycles. The van der Waals surface area contributed by atoms with Crippen LogP contribution in [0.3, 0.4) is 0 Å². The number of hydrogen-bond acceptors (Lipinski definition) is 2. The van der Waals surface area contributed by atoms with E-state index in [1.165, 1.54) is 0 Å². The van der Waals surface area contributed by atoms with Crippen molar-refractivity contribution in [1.29, 1.82) is 0 Å². The molecule has 7 heteroatoms. The van der Waals surface area contributed by atoms with Gasteiger partial charge in [0.15, 0.2) is 0 Å². The highest BCUT2D eigenvalue weighted by Gasteiger charge is 2.31. The van der Waals surface area contributed by atoms with E-state index in [4.69, 9.17) is 34.8 Å². The molecule has 1 N–H and O–H groups in total. The van der Waals surface area contributed by atoms with Gasteiger partial charge in [-0.15, -0.1) is 0 Å². The van der Waals surface area contributed by atoms with Gasteiger partial charge in [0.05, 0.1) is 6.42 Å². The molecule has 0 aliphatic carbocycles. The quantitative estimate of drug-likeness (QED) is 0.238. The van der Waals surface area contributed by atoms with Crippen molar-refractivity contribution in [2.45, 2.75) is 25.6 Å². The largest absolute Gasteiger partial charge is 0.350 e. The Labute approximate surface area is 231 Å². The summed E-state index contributed by atoms with van der Waals surface area (Å²) >= 11 is 18.4. The van der Waals surface area contributed by atoms with Crippen LogP contribution in [-0.4, -0.2) is 16.7 Å². The molecule has 2 amide bonds. The fourth-order valence-electron chi connectivity index (χ4n) is 4.03. The fourth-order valence-corrected chi connectivity index (χ4v) is 4.64. The Hall–Kier alpha value is -3.31. The molecule has 188 valence electrons. The summed E-state index contributed by atoms with van der Waals surface area (Å²) in [5, 5.41) is 4.55. The van der Waals surface area contributed by atoms with Gasteiger partial charge in [0.25, 0.3) is 0 Å². The Morgan fingerprint density at radius 3 is 2.00 bits per heavy atom. The number of nitrogens with zero attached hydrogens (tertiary/aromatic N) is 1. The molecule has 0 spiro atoms. The highest BCUT2D eigenvalue weighted by molar-refractivity contribution is 6.35. The number of amides is 2. The average Bonchev–Trinajstić information content (AvgIpc) is 2.90. The van der Waals surface area contributed by atoms with Gasteiger partial charge in [-0.3, -0.25) is 9.59 Å². The Kier molecular flexibility index (Phi) is 9.24. The van der Waals surface area contributed by atoms with Gasteiger partial charge in [-0.1, -0.05) is 114 Å². The summed E-state index contributed by atoms with van der Waals surface area (Å²) in [4.78, 5) is 29.1. The molecule has 0 aromatic heterocycles. The molecule has 4 aromatic carbocycles. The van der Waals surface area contributed by atoms with E-state index in [0.717, 1.165) is 16.7 Å². The predicted octanol–water partition coefficient (Wildman–Crippen LogP) is 7.28. The maximum Gasteiger partial charge on any atom is 0.247 e. The normalized spacial score (nSPS) is 11.5. The summed E-state index contributed by atoms with van der Waals surface area (Å²) < 4.78 is 0. The molecule has 0 heterocycles. The highest BCUT2D eigenvalue weighted by Crippen LogP contribution is 2.26. The van der Waals surface area contributed by atoms with Gasteiger partial charge < -0.3 is 10.2 Å². The van der Waals surface area contributed by atoms with E-state index in [9.17, 15) is 9.59 Å². The molecule has 0 bridgehead atoms. The van der Waals surface area contributed by atoms with Crippen LogP contribution >= 0.6 is 34.8 Å². The van der Waals surface area contributed by atoms with Crippen molar-refractivity contribution >= 4 is 46.6 Å². The second-order valence-corrected chi connectivity index (χ2v) is 9.86. The maximum absolute atomic E-state index is 13.8. The van der Waals surface area contributed by atoms with E-state index in [0.29, 0.717) is 20.6 Å². The number of carbonyl (C=O) groups excluding carboxylic acids is 2. The third kappa shape index (κ3) is 7.36. The van der Waals surface area contributed by atoms with E-state index >= 15 is 0 Å². The van der Waals surface area contributed by atoms with Crippen molar-refractivity contribution in [3.8, 4) is 0 Å². The second-order valence-electron chi connectivity index (χ2n) is 8.58. The van der Waals surface area contributed by atoms with E-state index in [1.807, 2.05) is 72.8 Å². The first-order valence-electron chi connectivity index (χ1n) is 11.7. The number of hydrogen-bond donors (Lipinski definition) is 1. The summed E-state index contributed by atoms with van der Waals surface area (Å²) in [6.45, 7) is 0.428. The number of benzene rings is 4. The Balaban J connectivity index is 1.67. The standard InChI is InChI=1S/C30H25Cl3N2O2/c31-25-14-11-22(12-15-25)20-35(28(36)17-21-7-3-1-4-8-21)29(23-9-5-2-6-10-23)30(37)34-19-24-13-16-26(32)18-27(24)33/h1-16,18,29H,17,19-20H2,(H,34,37)/t29-/m0/s1. The maximum atomic E-state index is 13.8. The lowest BCUT2D eigenvalue weighted by molar-refractivity contribution is -0.141. The molecule has 0 aliphatic rings. The Morgan fingerprint density at radius 2 is 1.35 bits per heavy atom. The van der Waals surface area contributed by atoms with Gasteiger partial charge in [-0.2, -0.15) is 0 Å². The predicted molar refractivity (Wildman–Crippen MR) is 150 cm³/mol. The van der Waals surface area contributed by atoms with Gasteiger partial charge in [-0.05, 0) is 46.5 Å². The summed E-state index contributed by atoms with van der Waals surface area (Å²) in [5.41, 5.74) is 3.16. The van der Waals surface area contributed by atoms with Crippen molar-refractivity contribution in [3.63, 3.8) is 0 Å². The van der Waals surface area contributed by atoms with Crippen LogP contribution in [0.15, 0.2) is 103 Å². The van der Waals surface area contributed by atoms with E-state index in [-0.39, 0.29) is 31.3 Å². The lowest BCUT2D eigenvalue weighted by Gasteiger charge is -2.32. The van der Waals surface area contributed by atoms with Crippen molar-refractivity contribution in [2.75, 3.05) is 0 Å². The lowest BCUT2D eigenvalue weighted by atomic mass is 10.0. The fraction of sp³-hybridized carbons (Fsp3) is 0.133. The minimum Gasteiger partial charge on any atom is -0.350 e. The molecule has 0 fully saturated rings. The van der Waals surface area contributed by atoms with Crippen LogP contribution < -0.4 is 5.32 Å². The van der Waals surface area contributed by atoms with Crippen LogP contribution in [0.25, 0.3) is 0 Å². The SMILES string of the molecule is O=C(NCc1ccc(Cl)cc1Cl)[C@H](c1ccccc1)N(Cc1ccc(Cl)cc1)C(=O)Cc1ccccc1. The molecule has 0 saturated heterocycles. The Morgan fingerprint density at radius 1 is 0.730 bits per heavy atom. The minimum absolute atomic E-state index is 0.161. The molecule has 37 heavy (non-hydrogen) atoms. The average molecular weight is 552 g/mol. The highest BCUT2D eigenvalue weighted by atomic mass is 35.5. The molecule has 4 aromatic rings. The van der Waals surface area contributed by atoms with Crippen LogP contribution in [0.2, 0.25) is 15.1 Å². The smallest absolute Gasteiger partial charge is 0.247 e. The van der Waals surface area contributed by atoms with Crippen LogP contribution in [0.5, 0.6) is 0 Å². The van der Waals surface area contributed by atoms with Crippen molar-refractivity contribution in [1.82, 2.24) is 10.2 Å². The minimum atomic E-state index is -0.862.